The third kappa shape index (κ3) is 35.2. The molecule has 0 aromatic carbocycles. The van der Waals surface area contributed by atoms with Crippen molar-refractivity contribution < 1.29 is 53.9 Å². The predicted molar refractivity (Wildman–Crippen MR) is 278 cm³/mol. The molecule has 1 saturated carbocycles. The number of phosphoric ester groups is 1. The van der Waals surface area contributed by atoms with Crippen LogP contribution in [0, 0.1) is 0 Å². The molecule has 68 heavy (non-hydrogen) atoms. The van der Waals surface area contributed by atoms with Crippen LogP contribution in [0.2, 0.25) is 0 Å². The first-order chi connectivity index (χ1) is 32.9. The number of carbonyl (C=O) groups is 1. The van der Waals surface area contributed by atoms with Gasteiger partial charge in [-0.1, -0.05) is 264 Å². The van der Waals surface area contributed by atoms with E-state index >= 15 is 0 Å². The van der Waals surface area contributed by atoms with Crippen molar-refractivity contribution >= 4 is 13.7 Å². The Bertz CT molecular complexity index is 1200. The van der Waals surface area contributed by atoms with Crippen LogP contribution in [0.1, 0.15) is 277 Å². The van der Waals surface area contributed by atoms with Gasteiger partial charge in [-0.05, 0) is 19.3 Å². The molecule has 0 aromatic rings. The van der Waals surface area contributed by atoms with E-state index in [0.29, 0.717) is 6.42 Å². The van der Waals surface area contributed by atoms with E-state index in [0.717, 1.165) is 44.9 Å². The summed E-state index contributed by atoms with van der Waals surface area (Å²) in [5.74, 6) is -0.336. The molecule has 0 bridgehead atoms. The van der Waals surface area contributed by atoms with Gasteiger partial charge in [-0.2, -0.15) is 0 Å². The Labute approximate surface area is 416 Å². The molecule has 0 aliphatic heterocycles. The Morgan fingerprint density at radius 2 is 0.779 bits per heavy atom. The second-order valence-corrected chi connectivity index (χ2v) is 21.9. The van der Waals surface area contributed by atoms with Gasteiger partial charge in [0.15, 0.2) is 0 Å². The van der Waals surface area contributed by atoms with Gasteiger partial charge in [-0.15, -0.1) is 0 Å². The average Bonchev–Trinajstić information content (AvgIpc) is 3.32. The lowest BCUT2D eigenvalue weighted by atomic mass is 9.85. The number of carbonyl (C=O) groups excluding carboxylic acids is 1. The maximum Gasteiger partial charge on any atom is 0.472 e. The molecule has 1 amide bonds. The number of unbranched alkanes of at least 4 members (excludes halogenated alkanes) is 38. The van der Waals surface area contributed by atoms with Gasteiger partial charge in [0, 0.05) is 6.42 Å². The number of rotatable bonds is 49. The SMILES string of the molecule is CCCCCCCCCCC/C=C/[C@@H](O)[C@H](COP(=O)(O)OC1C(O)C(O)C(O)[C@@H](O)C1O)NC(=O)CCCCCCCCCCCCCCCCCCCCCCCCCCCCCCCC. The fourth-order valence-electron chi connectivity index (χ4n) is 9.44. The summed E-state index contributed by atoms with van der Waals surface area (Å²) in [6.07, 6.45) is 41.8. The summed E-state index contributed by atoms with van der Waals surface area (Å²) in [4.78, 5) is 23.5. The quantitative estimate of drug-likeness (QED) is 0.0163. The van der Waals surface area contributed by atoms with Crippen molar-refractivity contribution in [2.75, 3.05) is 6.61 Å². The molecule has 0 heterocycles. The van der Waals surface area contributed by atoms with Crippen molar-refractivity contribution in [2.24, 2.45) is 0 Å². The van der Waals surface area contributed by atoms with E-state index in [2.05, 4.69) is 19.2 Å². The maximum atomic E-state index is 13.0. The van der Waals surface area contributed by atoms with Crippen molar-refractivity contribution in [1.82, 2.24) is 5.32 Å². The van der Waals surface area contributed by atoms with Crippen LogP contribution in [0.15, 0.2) is 12.2 Å². The number of hydrogen-bond donors (Lipinski definition) is 8. The van der Waals surface area contributed by atoms with E-state index in [1.54, 1.807) is 0 Å². The van der Waals surface area contributed by atoms with Crippen LogP contribution in [0.4, 0.5) is 0 Å². The van der Waals surface area contributed by atoms with Gasteiger partial charge in [0.05, 0.1) is 18.8 Å². The van der Waals surface area contributed by atoms with E-state index in [4.69, 9.17) is 9.05 Å². The molecule has 8 N–H and O–H groups in total. The van der Waals surface area contributed by atoms with E-state index in [1.807, 2.05) is 6.08 Å². The molecule has 1 rings (SSSR count). The first-order valence-electron chi connectivity index (χ1n) is 28.6. The zero-order valence-corrected chi connectivity index (χ0v) is 44.6. The highest BCUT2D eigenvalue weighted by molar-refractivity contribution is 7.47. The number of amides is 1. The highest BCUT2D eigenvalue weighted by atomic mass is 31.2. The Kier molecular flexibility index (Phi) is 42.8. The van der Waals surface area contributed by atoms with E-state index < -0.39 is 63.2 Å². The number of phosphoric acid groups is 1. The number of nitrogens with one attached hydrogen (secondary N) is 1. The van der Waals surface area contributed by atoms with Crippen LogP contribution < -0.4 is 5.32 Å². The van der Waals surface area contributed by atoms with Crippen molar-refractivity contribution in [3.63, 3.8) is 0 Å². The molecule has 9 atom stereocenters. The number of aliphatic hydroxyl groups excluding tert-OH is 6. The summed E-state index contributed by atoms with van der Waals surface area (Å²) in [6.45, 7) is 3.86. The Morgan fingerprint density at radius 3 is 1.12 bits per heavy atom. The third-order valence-electron chi connectivity index (χ3n) is 14.1. The van der Waals surface area contributed by atoms with Crippen molar-refractivity contribution in [3.8, 4) is 0 Å². The summed E-state index contributed by atoms with van der Waals surface area (Å²) in [5, 5.41) is 64.1. The van der Waals surface area contributed by atoms with Gasteiger partial charge in [0.25, 0.3) is 0 Å². The summed E-state index contributed by atoms with van der Waals surface area (Å²) < 4.78 is 23.0. The predicted octanol–water partition coefficient (Wildman–Crippen LogP) is 12.7. The van der Waals surface area contributed by atoms with Gasteiger partial charge in [-0.25, -0.2) is 4.57 Å². The lowest BCUT2D eigenvalue weighted by Gasteiger charge is -2.41. The summed E-state index contributed by atoms with van der Waals surface area (Å²) in [5.41, 5.74) is 0. The number of allylic oxidation sites excluding steroid dienone is 1. The van der Waals surface area contributed by atoms with Crippen molar-refractivity contribution in [3.05, 3.63) is 12.2 Å². The largest absolute Gasteiger partial charge is 0.472 e. The summed E-state index contributed by atoms with van der Waals surface area (Å²) in [7, 11) is -5.08. The van der Waals surface area contributed by atoms with Gasteiger partial charge < -0.3 is 40.8 Å². The molecule has 1 aliphatic rings. The molecule has 404 valence electrons. The molecule has 13 heteroatoms. The Hall–Kier alpha value is -0.920. The van der Waals surface area contributed by atoms with Crippen LogP contribution in [-0.2, 0) is 18.4 Å². The Morgan fingerprint density at radius 1 is 0.485 bits per heavy atom. The fourth-order valence-corrected chi connectivity index (χ4v) is 10.4. The second-order valence-electron chi connectivity index (χ2n) is 20.5. The van der Waals surface area contributed by atoms with Crippen LogP contribution in [0.5, 0.6) is 0 Å². The molecular weight excluding hydrogens is 882 g/mol. The topological polar surface area (TPSA) is 206 Å². The number of aliphatic hydroxyl groups is 6. The molecule has 6 unspecified atom stereocenters. The third-order valence-corrected chi connectivity index (χ3v) is 15.1. The van der Waals surface area contributed by atoms with E-state index in [-0.39, 0.29) is 12.3 Å². The first-order valence-corrected chi connectivity index (χ1v) is 30.1. The smallest absolute Gasteiger partial charge is 0.387 e. The highest BCUT2D eigenvalue weighted by Gasteiger charge is 2.51. The lowest BCUT2D eigenvalue weighted by Crippen LogP contribution is -2.64. The first kappa shape index (κ1) is 65.1. The van der Waals surface area contributed by atoms with Crippen molar-refractivity contribution in [2.45, 2.75) is 326 Å². The summed E-state index contributed by atoms with van der Waals surface area (Å²) >= 11 is 0. The zero-order valence-electron chi connectivity index (χ0n) is 43.7. The molecular formula is C55H108NO11P. The van der Waals surface area contributed by atoms with Gasteiger partial charge >= 0.3 is 7.82 Å². The van der Waals surface area contributed by atoms with E-state index in [9.17, 15) is 44.9 Å². The normalized spacial score (nSPS) is 21.6. The standard InChI is InChI=1S/C55H108NO11P/c1-3-5-7-9-11-13-15-16-17-18-19-20-21-22-23-24-25-26-27-28-29-30-31-32-33-35-37-39-41-43-45-49(58)56-47(48(57)44-42-40-38-36-34-14-12-10-8-6-4-2)46-66-68(64,65)67-55-53(62)51(60)50(59)52(61)54(55)63/h42,44,47-48,50-55,57,59-63H,3-41,43,45-46H2,1-2H3,(H,56,58)(H,64,65)/b44-42+/t47-,48+,50?,51+,52?,53?,54?,55?/m0/s1. The van der Waals surface area contributed by atoms with Crippen LogP contribution in [0.25, 0.3) is 0 Å². The van der Waals surface area contributed by atoms with Crippen LogP contribution in [0.3, 0.4) is 0 Å². The van der Waals surface area contributed by atoms with Gasteiger partial charge in [0.2, 0.25) is 5.91 Å². The molecule has 12 nitrogen and oxygen atoms in total. The highest BCUT2D eigenvalue weighted by Crippen LogP contribution is 2.47. The Balaban J connectivity index is 2.21. The molecule has 0 saturated heterocycles. The molecule has 0 radical (unpaired) electrons. The molecule has 1 aliphatic carbocycles. The monoisotopic (exact) mass is 990 g/mol. The van der Waals surface area contributed by atoms with Gasteiger partial charge in [0.1, 0.15) is 36.6 Å². The van der Waals surface area contributed by atoms with Crippen molar-refractivity contribution in [1.29, 1.82) is 0 Å². The second kappa shape index (κ2) is 44.8. The van der Waals surface area contributed by atoms with Gasteiger partial charge in [-0.3, -0.25) is 13.8 Å². The minimum Gasteiger partial charge on any atom is -0.387 e. The lowest BCUT2D eigenvalue weighted by molar-refractivity contribution is -0.220. The fraction of sp³-hybridized carbons (Fsp3) is 0.945. The zero-order chi connectivity index (χ0) is 49.9. The van der Waals surface area contributed by atoms with Crippen LogP contribution >= 0.6 is 7.82 Å². The van der Waals surface area contributed by atoms with E-state index in [1.165, 1.54) is 212 Å². The average molecular weight is 990 g/mol. The molecule has 0 spiro atoms. The maximum absolute atomic E-state index is 13.0. The summed E-state index contributed by atoms with van der Waals surface area (Å²) in [6, 6.07) is -1.11. The molecule has 1 fully saturated rings. The number of hydrogen-bond acceptors (Lipinski definition) is 10. The minimum atomic E-state index is -5.08. The minimum absolute atomic E-state index is 0.219. The van der Waals surface area contributed by atoms with Crippen LogP contribution in [-0.4, -0.2) is 96.8 Å². The molecule has 0 aromatic heterocycles.